The first-order chi connectivity index (χ1) is 13.2. The van der Waals surface area contributed by atoms with Crippen LogP contribution < -0.4 is 0 Å². The molecule has 0 fully saturated rings. The lowest BCUT2D eigenvalue weighted by atomic mass is 10.1. The summed E-state index contributed by atoms with van der Waals surface area (Å²) in [6.45, 7) is 0. The van der Waals surface area contributed by atoms with Crippen molar-refractivity contribution in [2.24, 2.45) is 0 Å². The van der Waals surface area contributed by atoms with Gasteiger partial charge >= 0.3 is 0 Å². The molecule has 0 atom stereocenters. The molecule has 0 aliphatic heterocycles. The van der Waals surface area contributed by atoms with E-state index in [0.29, 0.717) is 17.7 Å². The van der Waals surface area contributed by atoms with Crippen LogP contribution in [0.3, 0.4) is 0 Å². The van der Waals surface area contributed by atoms with Gasteiger partial charge in [-0.2, -0.15) is 0 Å². The molecule has 2 nitrogen and oxygen atoms in total. The van der Waals surface area contributed by atoms with Crippen molar-refractivity contribution in [1.29, 1.82) is 0 Å². The van der Waals surface area contributed by atoms with Gasteiger partial charge in [0, 0.05) is 27.5 Å². The van der Waals surface area contributed by atoms with E-state index in [9.17, 15) is 9.59 Å². The molecule has 0 unspecified atom stereocenters. The van der Waals surface area contributed by atoms with Gasteiger partial charge in [0.05, 0.1) is 9.96 Å². The molecule has 27 heavy (non-hydrogen) atoms. The van der Waals surface area contributed by atoms with Crippen molar-refractivity contribution in [3.63, 3.8) is 0 Å². The van der Waals surface area contributed by atoms with Crippen LogP contribution in [0, 0.1) is 0 Å². The lowest BCUT2D eigenvalue weighted by Gasteiger charge is -2.07. The lowest BCUT2D eigenvalue weighted by Crippen LogP contribution is -2.04. The van der Waals surface area contributed by atoms with Crippen molar-refractivity contribution >= 4 is 57.5 Å². The molecule has 0 aliphatic carbocycles. The fourth-order valence-corrected chi connectivity index (χ4v) is 5.85. The molecular formula is C21H18O2S4. The Kier molecular flexibility index (Phi) is 8.08. The Bertz CT molecular complexity index is 876. The minimum absolute atomic E-state index is 0.0528. The quantitative estimate of drug-likeness (QED) is 0.285. The molecule has 0 aliphatic rings. The summed E-state index contributed by atoms with van der Waals surface area (Å²) in [5.41, 5.74) is 0.646. The topological polar surface area (TPSA) is 34.1 Å². The van der Waals surface area contributed by atoms with Crippen LogP contribution in [0.15, 0.2) is 86.1 Å². The fourth-order valence-electron chi connectivity index (χ4n) is 2.32. The molecule has 0 saturated carbocycles. The maximum atomic E-state index is 12.6. The van der Waals surface area contributed by atoms with E-state index in [-0.39, 0.29) is 10.9 Å². The molecule has 138 valence electrons. The van der Waals surface area contributed by atoms with E-state index in [1.807, 2.05) is 66.0 Å². The number of thiophene rings is 1. The molecule has 0 bridgehead atoms. The number of Topliss-reactive ketones (excluding diaryl/α,β-unsaturated/α-hetero) is 1. The molecule has 3 aromatic rings. The van der Waals surface area contributed by atoms with Crippen LogP contribution in [-0.2, 0) is 4.79 Å². The van der Waals surface area contributed by atoms with Crippen molar-refractivity contribution in [2.45, 2.75) is 20.4 Å². The Morgan fingerprint density at radius 2 is 1.63 bits per heavy atom. The predicted molar refractivity (Wildman–Crippen MR) is 118 cm³/mol. The highest BCUT2D eigenvalue weighted by Gasteiger charge is 2.15. The largest absolute Gasteiger partial charge is 0.294 e. The third-order valence-corrected chi connectivity index (χ3v) is 7.86. The SMILES string of the molecule is O=C(CSc1ccccc1)Sc1ccccc1C(=O)CCSc1cccs1. The van der Waals surface area contributed by atoms with Crippen LogP contribution in [-0.4, -0.2) is 22.4 Å². The average Bonchev–Trinajstić information content (AvgIpc) is 3.21. The first kappa shape index (κ1) is 20.3. The van der Waals surface area contributed by atoms with Crippen LogP contribution in [0.4, 0.5) is 0 Å². The van der Waals surface area contributed by atoms with Gasteiger partial charge in [0.1, 0.15) is 0 Å². The number of carbonyl (C=O) groups excluding carboxylic acids is 2. The van der Waals surface area contributed by atoms with Crippen LogP contribution >= 0.6 is 46.6 Å². The Labute approximate surface area is 176 Å². The van der Waals surface area contributed by atoms with Gasteiger partial charge in [-0.15, -0.1) is 34.9 Å². The summed E-state index contributed by atoms with van der Waals surface area (Å²) in [4.78, 5) is 26.8. The number of thioether (sulfide) groups is 3. The second kappa shape index (κ2) is 10.8. The summed E-state index contributed by atoms with van der Waals surface area (Å²) in [5.74, 6) is 1.22. The second-order valence-corrected chi connectivity index (χ2v) is 10.0. The van der Waals surface area contributed by atoms with E-state index < -0.39 is 0 Å². The number of hydrogen-bond acceptors (Lipinski definition) is 6. The van der Waals surface area contributed by atoms with Crippen molar-refractivity contribution < 1.29 is 9.59 Å². The zero-order valence-electron chi connectivity index (χ0n) is 14.5. The monoisotopic (exact) mass is 430 g/mol. The standard InChI is InChI=1S/C21H18O2S4/c22-18(12-14-25-21-11-6-13-24-21)17-9-4-5-10-19(17)27-20(23)15-26-16-7-2-1-3-8-16/h1-11,13H,12,14-15H2. The van der Waals surface area contributed by atoms with Gasteiger partial charge in [0.2, 0.25) is 5.12 Å². The minimum atomic E-state index is 0.0528. The third kappa shape index (κ3) is 6.57. The van der Waals surface area contributed by atoms with Gasteiger partial charge in [-0.3, -0.25) is 9.59 Å². The predicted octanol–water partition coefficient (Wildman–Crippen LogP) is 6.52. The zero-order valence-corrected chi connectivity index (χ0v) is 17.8. The first-order valence-electron chi connectivity index (χ1n) is 8.39. The molecule has 0 spiro atoms. The molecule has 6 heteroatoms. The summed E-state index contributed by atoms with van der Waals surface area (Å²) in [7, 11) is 0. The summed E-state index contributed by atoms with van der Waals surface area (Å²) >= 11 is 6.06. The molecule has 3 rings (SSSR count). The Morgan fingerprint density at radius 1 is 0.852 bits per heavy atom. The van der Waals surface area contributed by atoms with Crippen molar-refractivity contribution in [2.75, 3.05) is 11.5 Å². The van der Waals surface area contributed by atoms with Crippen LogP contribution in [0.1, 0.15) is 16.8 Å². The van der Waals surface area contributed by atoms with Gasteiger partial charge < -0.3 is 0 Å². The maximum absolute atomic E-state index is 12.6. The molecule has 0 saturated heterocycles. The van der Waals surface area contributed by atoms with Crippen LogP contribution in [0.25, 0.3) is 0 Å². The number of carbonyl (C=O) groups is 2. The van der Waals surface area contributed by atoms with Crippen molar-refractivity contribution in [1.82, 2.24) is 0 Å². The Morgan fingerprint density at radius 3 is 2.41 bits per heavy atom. The van der Waals surface area contributed by atoms with E-state index in [0.717, 1.165) is 27.3 Å². The van der Waals surface area contributed by atoms with Crippen molar-refractivity contribution in [3.8, 4) is 0 Å². The summed E-state index contributed by atoms with van der Waals surface area (Å²) < 4.78 is 1.22. The summed E-state index contributed by atoms with van der Waals surface area (Å²) in [5, 5.41) is 2.09. The second-order valence-electron chi connectivity index (χ2n) is 5.53. The van der Waals surface area contributed by atoms with E-state index in [4.69, 9.17) is 0 Å². The van der Waals surface area contributed by atoms with Crippen LogP contribution in [0.2, 0.25) is 0 Å². The number of ketones is 1. The highest BCUT2D eigenvalue weighted by molar-refractivity contribution is 8.15. The molecule has 2 aromatic carbocycles. The summed E-state index contributed by atoms with van der Waals surface area (Å²) in [6, 6.07) is 21.3. The minimum Gasteiger partial charge on any atom is -0.294 e. The highest BCUT2D eigenvalue weighted by Crippen LogP contribution is 2.29. The van der Waals surface area contributed by atoms with Gasteiger partial charge in [0.25, 0.3) is 0 Å². The van der Waals surface area contributed by atoms with E-state index in [1.54, 1.807) is 23.1 Å². The lowest BCUT2D eigenvalue weighted by molar-refractivity contribution is -0.108. The Balaban J connectivity index is 1.54. The molecule has 1 aromatic heterocycles. The average molecular weight is 431 g/mol. The van der Waals surface area contributed by atoms with Gasteiger partial charge in [0.15, 0.2) is 5.78 Å². The van der Waals surface area contributed by atoms with Gasteiger partial charge in [-0.05, 0) is 29.6 Å². The van der Waals surface area contributed by atoms with Gasteiger partial charge in [-0.1, -0.05) is 54.2 Å². The van der Waals surface area contributed by atoms with E-state index in [1.165, 1.54) is 16.0 Å². The number of rotatable bonds is 9. The molecule has 1 heterocycles. The van der Waals surface area contributed by atoms with Gasteiger partial charge in [-0.25, -0.2) is 0 Å². The van der Waals surface area contributed by atoms with Crippen molar-refractivity contribution in [3.05, 3.63) is 77.7 Å². The maximum Gasteiger partial charge on any atom is 0.203 e. The fraction of sp³-hybridized carbons (Fsp3) is 0.143. The molecular weight excluding hydrogens is 412 g/mol. The van der Waals surface area contributed by atoms with E-state index in [2.05, 4.69) is 6.07 Å². The zero-order chi connectivity index (χ0) is 18.9. The summed E-state index contributed by atoms with van der Waals surface area (Å²) in [6.07, 6.45) is 0.465. The molecule has 0 N–H and O–H groups in total. The highest BCUT2D eigenvalue weighted by atomic mass is 32.2. The normalized spacial score (nSPS) is 10.7. The smallest absolute Gasteiger partial charge is 0.203 e. The number of benzene rings is 2. The first-order valence-corrected chi connectivity index (χ1v) is 12.1. The Hall–Kier alpha value is -1.47. The number of hydrogen-bond donors (Lipinski definition) is 0. The molecule has 0 amide bonds. The third-order valence-electron chi connectivity index (χ3n) is 3.58. The van der Waals surface area contributed by atoms with E-state index >= 15 is 0 Å². The van der Waals surface area contributed by atoms with Crippen LogP contribution in [0.5, 0.6) is 0 Å². The molecule has 0 radical (unpaired) electrons.